The first-order valence-electron chi connectivity index (χ1n) is 7.74. The fraction of sp³-hybridized carbons (Fsp3) is 0.389. The van der Waals surface area contributed by atoms with E-state index in [4.69, 9.17) is 0 Å². The van der Waals surface area contributed by atoms with Gasteiger partial charge in [0.2, 0.25) is 0 Å². The highest BCUT2D eigenvalue weighted by molar-refractivity contribution is 6.05. The van der Waals surface area contributed by atoms with E-state index in [1.54, 1.807) is 0 Å². The van der Waals surface area contributed by atoms with E-state index in [1.807, 2.05) is 56.3 Å². The molecule has 0 aliphatic heterocycles. The molecule has 2 aromatic rings. The lowest BCUT2D eigenvalue weighted by Gasteiger charge is -2.13. The summed E-state index contributed by atoms with van der Waals surface area (Å²) in [7, 11) is 4.00. The first-order chi connectivity index (χ1) is 10.5. The summed E-state index contributed by atoms with van der Waals surface area (Å²) in [6.07, 6.45) is 2.45. The number of carbonyl (C=O) groups is 1. The molecule has 1 N–H and O–H groups in total. The third-order valence-electron chi connectivity index (χ3n) is 4.28. The van der Waals surface area contributed by atoms with Gasteiger partial charge in [0, 0.05) is 42.9 Å². The maximum absolute atomic E-state index is 12.5. The number of hydrogen-bond donors (Lipinski definition) is 1. The van der Waals surface area contributed by atoms with Crippen LogP contribution in [-0.2, 0) is 0 Å². The largest absolute Gasteiger partial charge is 0.378 e. The molecule has 1 fully saturated rings. The number of carbonyl (C=O) groups excluding carboxylic acids is 1. The molecule has 1 saturated carbocycles. The molecule has 1 aromatic carbocycles. The lowest BCUT2D eigenvalue weighted by atomic mass is 10.2. The number of aromatic nitrogens is 1. The molecule has 3 rings (SSSR count). The Labute approximate surface area is 131 Å². The fourth-order valence-corrected chi connectivity index (χ4v) is 2.94. The van der Waals surface area contributed by atoms with Crippen molar-refractivity contribution in [2.75, 3.05) is 24.3 Å². The van der Waals surface area contributed by atoms with Gasteiger partial charge < -0.3 is 14.8 Å². The molecular weight excluding hydrogens is 274 g/mol. The van der Waals surface area contributed by atoms with Crippen LogP contribution in [0.4, 0.5) is 11.4 Å². The zero-order chi connectivity index (χ0) is 15.9. The van der Waals surface area contributed by atoms with Crippen molar-refractivity contribution in [3.63, 3.8) is 0 Å². The van der Waals surface area contributed by atoms with Gasteiger partial charge in [-0.05, 0) is 57.0 Å². The van der Waals surface area contributed by atoms with Crippen molar-refractivity contribution in [3.8, 4) is 0 Å². The van der Waals surface area contributed by atoms with Crippen LogP contribution in [0.5, 0.6) is 0 Å². The first-order valence-corrected chi connectivity index (χ1v) is 7.74. The maximum atomic E-state index is 12.5. The number of aryl methyl sites for hydroxylation is 1. The Morgan fingerprint density at radius 3 is 2.36 bits per heavy atom. The number of rotatable bonds is 4. The van der Waals surface area contributed by atoms with Crippen LogP contribution in [0, 0.1) is 13.8 Å². The summed E-state index contributed by atoms with van der Waals surface area (Å²) < 4.78 is 2.30. The Kier molecular flexibility index (Phi) is 3.69. The van der Waals surface area contributed by atoms with E-state index in [0.29, 0.717) is 6.04 Å². The number of anilines is 2. The van der Waals surface area contributed by atoms with Gasteiger partial charge in [-0.2, -0.15) is 0 Å². The van der Waals surface area contributed by atoms with E-state index in [-0.39, 0.29) is 5.91 Å². The minimum Gasteiger partial charge on any atom is -0.378 e. The second kappa shape index (κ2) is 5.52. The molecule has 116 valence electrons. The van der Waals surface area contributed by atoms with E-state index in [0.717, 1.165) is 22.6 Å². The molecule has 4 heteroatoms. The standard InChI is InChI=1S/C18H23N3O/c1-12-11-17(13(2)21(12)16-9-10-16)18(22)19-14-5-7-15(8-6-14)20(3)4/h5-8,11,16H,9-10H2,1-4H3,(H,19,22). The number of hydrogen-bond acceptors (Lipinski definition) is 2. The summed E-state index contributed by atoms with van der Waals surface area (Å²) in [6, 6.07) is 10.5. The smallest absolute Gasteiger partial charge is 0.257 e. The van der Waals surface area contributed by atoms with Crippen molar-refractivity contribution >= 4 is 17.3 Å². The van der Waals surface area contributed by atoms with Crippen LogP contribution in [0.1, 0.15) is 40.6 Å². The Morgan fingerprint density at radius 2 is 1.82 bits per heavy atom. The Bertz CT molecular complexity index is 694. The molecule has 0 unspecified atom stereocenters. The SMILES string of the molecule is Cc1cc(C(=O)Nc2ccc(N(C)C)cc2)c(C)n1C1CC1. The van der Waals surface area contributed by atoms with Crippen LogP contribution in [0.25, 0.3) is 0 Å². The van der Waals surface area contributed by atoms with Gasteiger partial charge in [-0.15, -0.1) is 0 Å². The van der Waals surface area contributed by atoms with Crippen molar-refractivity contribution in [1.82, 2.24) is 4.57 Å². The highest BCUT2D eigenvalue weighted by Crippen LogP contribution is 2.38. The molecule has 0 atom stereocenters. The predicted octanol–water partition coefficient (Wildman–Crippen LogP) is 3.76. The van der Waals surface area contributed by atoms with Gasteiger partial charge in [-0.3, -0.25) is 4.79 Å². The Balaban J connectivity index is 1.78. The van der Waals surface area contributed by atoms with E-state index in [9.17, 15) is 4.79 Å². The molecule has 1 amide bonds. The van der Waals surface area contributed by atoms with Crippen LogP contribution in [0.2, 0.25) is 0 Å². The van der Waals surface area contributed by atoms with Gasteiger partial charge in [0.05, 0.1) is 5.56 Å². The lowest BCUT2D eigenvalue weighted by molar-refractivity contribution is 0.102. The average Bonchev–Trinajstić information content (AvgIpc) is 3.25. The van der Waals surface area contributed by atoms with Crippen molar-refractivity contribution in [1.29, 1.82) is 0 Å². The zero-order valence-corrected chi connectivity index (χ0v) is 13.7. The summed E-state index contributed by atoms with van der Waals surface area (Å²) in [5.41, 5.74) is 4.97. The second-order valence-corrected chi connectivity index (χ2v) is 6.28. The van der Waals surface area contributed by atoms with Gasteiger partial charge >= 0.3 is 0 Å². The van der Waals surface area contributed by atoms with Crippen molar-refractivity contribution in [2.24, 2.45) is 0 Å². The predicted molar refractivity (Wildman–Crippen MR) is 90.9 cm³/mol. The second-order valence-electron chi connectivity index (χ2n) is 6.28. The van der Waals surface area contributed by atoms with Gasteiger partial charge in [-0.25, -0.2) is 0 Å². The molecule has 0 saturated heterocycles. The molecule has 0 spiro atoms. The average molecular weight is 297 g/mol. The van der Waals surface area contributed by atoms with Gasteiger partial charge in [0.15, 0.2) is 0 Å². The van der Waals surface area contributed by atoms with E-state index in [1.165, 1.54) is 18.5 Å². The van der Waals surface area contributed by atoms with Gasteiger partial charge in [0.1, 0.15) is 0 Å². The molecule has 0 bridgehead atoms. The van der Waals surface area contributed by atoms with Crippen LogP contribution in [0.15, 0.2) is 30.3 Å². The molecular formula is C18H23N3O. The van der Waals surface area contributed by atoms with Gasteiger partial charge in [0.25, 0.3) is 5.91 Å². The molecule has 0 radical (unpaired) electrons. The minimum absolute atomic E-state index is 0.0300. The van der Waals surface area contributed by atoms with Crippen LogP contribution in [-0.4, -0.2) is 24.6 Å². The van der Waals surface area contributed by atoms with E-state index >= 15 is 0 Å². The zero-order valence-electron chi connectivity index (χ0n) is 13.7. The number of benzene rings is 1. The van der Waals surface area contributed by atoms with Crippen LogP contribution >= 0.6 is 0 Å². The number of nitrogens with one attached hydrogen (secondary N) is 1. The fourth-order valence-electron chi connectivity index (χ4n) is 2.94. The summed E-state index contributed by atoms with van der Waals surface area (Å²) in [5.74, 6) is -0.0300. The summed E-state index contributed by atoms with van der Waals surface area (Å²) in [5, 5.41) is 2.99. The quantitative estimate of drug-likeness (QED) is 0.933. The summed E-state index contributed by atoms with van der Waals surface area (Å²) in [4.78, 5) is 14.6. The molecule has 22 heavy (non-hydrogen) atoms. The van der Waals surface area contributed by atoms with Crippen LogP contribution < -0.4 is 10.2 Å². The topological polar surface area (TPSA) is 37.3 Å². The van der Waals surface area contributed by atoms with Crippen LogP contribution in [0.3, 0.4) is 0 Å². The summed E-state index contributed by atoms with van der Waals surface area (Å²) >= 11 is 0. The molecule has 1 aliphatic carbocycles. The number of nitrogens with zero attached hydrogens (tertiary/aromatic N) is 2. The highest BCUT2D eigenvalue weighted by Gasteiger charge is 2.28. The Morgan fingerprint density at radius 1 is 1.18 bits per heavy atom. The highest BCUT2D eigenvalue weighted by atomic mass is 16.1. The summed E-state index contributed by atoms with van der Waals surface area (Å²) in [6.45, 7) is 4.11. The maximum Gasteiger partial charge on any atom is 0.257 e. The third kappa shape index (κ3) is 2.73. The number of amides is 1. The lowest BCUT2D eigenvalue weighted by Crippen LogP contribution is -2.13. The van der Waals surface area contributed by atoms with Crippen molar-refractivity contribution < 1.29 is 4.79 Å². The molecule has 4 nitrogen and oxygen atoms in total. The molecule has 1 aliphatic rings. The van der Waals surface area contributed by atoms with E-state index < -0.39 is 0 Å². The molecule has 1 heterocycles. The monoisotopic (exact) mass is 297 g/mol. The normalized spacial score (nSPS) is 14.0. The first kappa shape index (κ1) is 14.7. The van der Waals surface area contributed by atoms with E-state index in [2.05, 4.69) is 16.8 Å². The Hall–Kier alpha value is -2.23. The molecule has 1 aromatic heterocycles. The minimum atomic E-state index is -0.0300. The third-order valence-corrected chi connectivity index (χ3v) is 4.28. The van der Waals surface area contributed by atoms with Gasteiger partial charge in [-0.1, -0.05) is 0 Å². The van der Waals surface area contributed by atoms with Crippen molar-refractivity contribution in [2.45, 2.75) is 32.7 Å². The van der Waals surface area contributed by atoms with Crippen molar-refractivity contribution in [3.05, 3.63) is 47.3 Å².